The van der Waals surface area contributed by atoms with E-state index in [0.29, 0.717) is 38.3 Å². The quantitative estimate of drug-likeness (QED) is 0.583. The molecule has 138 valence electrons. The Hall–Kier alpha value is -2.36. The van der Waals surface area contributed by atoms with Crippen molar-refractivity contribution < 1.29 is 13.3 Å². The Morgan fingerprint density at radius 1 is 1.15 bits per heavy atom. The molecule has 9 heteroatoms. The highest BCUT2D eigenvalue weighted by atomic mass is 32.2. The first kappa shape index (κ1) is 18.4. The first-order valence-corrected chi connectivity index (χ1v) is 9.69. The lowest BCUT2D eigenvalue weighted by Crippen LogP contribution is -2.48. The van der Waals surface area contributed by atoms with E-state index in [1.165, 1.54) is 16.4 Å². The van der Waals surface area contributed by atoms with Gasteiger partial charge in [-0.05, 0) is 25.1 Å². The molecule has 2 aromatic rings. The summed E-state index contributed by atoms with van der Waals surface area (Å²) in [7, 11) is -3.74. The molecule has 0 unspecified atom stereocenters. The van der Waals surface area contributed by atoms with E-state index in [2.05, 4.69) is 9.88 Å². The molecule has 0 saturated carbocycles. The third-order valence-corrected chi connectivity index (χ3v) is 6.35. The maximum absolute atomic E-state index is 12.8. The van der Waals surface area contributed by atoms with E-state index in [-0.39, 0.29) is 10.6 Å². The van der Waals surface area contributed by atoms with Gasteiger partial charge in [0.2, 0.25) is 10.0 Å². The summed E-state index contributed by atoms with van der Waals surface area (Å²) >= 11 is 0. The van der Waals surface area contributed by atoms with Crippen molar-refractivity contribution in [2.75, 3.05) is 26.2 Å². The number of hydrogen-bond donors (Lipinski definition) is 0. The second-order valence-electron chi connectivity index (χ2n) is 6.21. The van der Waals surface area contributed by atoms with E-state index >= 15 is 0 Å². The minimum Gasteiger partial charge on any atom is -0.295 e. The normalized spacial score (nSPS) is 16.5. The van der Waals surface area contributed by atoms with Crippen LogP contribution in [0.1, 0.15) is 11.3 Å². The lowest BCUT2D eigenvalue weighted by atomic mass is 10.2. The van der Waals surface area contributed by atoms with Crippen molar-refractivity contribution in [2.24, 2.45) is 0 Å². The highest BCUT2D eigenvalue weighted by molar-refractivity contribution is 7.89. The molecule has 3 rings (SSSR count). The average Bonchev–Trinajstić information content (AvgIpc) is 2.63. The highest BCUT2D eigenvalue weighted by Gasteiger charge is 2.30. The largest absolute Gasteiger partial charge is 0.295 e. The molecular formula is C17H20N4O4S. The Bertz CT molecular complexity index is 894. The number of nitrogens with zero attached hydrogens (tertiary/aromatic N) is 4. The van der Waals surface area contributed by atoms with Crippen LogP contribution in [-0.2, 0) is 16.6 Å². The molecule has 0 N–H and O–H groups in total. The van der Waals surface area contributed by atoms with Gasteiger partial charge in [0, 0.05) is 50.6 Å². The van der Waals surface area contributed by atoms with Gasteiger partial charge in [-0.2, -0.15) is 4.31 Å². The molecule has 1 aliphatic rings. The van der Waals surface area contributed by atoms with Crippen LogP contribution in [0.4, 0.5) is 5.69 Å². The number of nitro benzene ring substituents is 1. The van der Waals surface area contributed by atoms with E-state index in [4.69, 9.17) is 0 Å². The molecular weight excluding hydrogens is 356 g/mol. The number of aryl methyl sites for hydroxylation is 1. The molecule has 2 heterocycles. The van der Waals surface area contributed by atoms with Crippen molar-refractivity contribution in [1.82, 2.24) is 14.2 Å². The average molecular weight is 376 g/mol. The van der Waals surface area contributed by atoms with Crippen LogP contribution in [0.5, 0.6) is 0 Å². The third kappa shape index (κ3) is 3.90. The van der Waals surface area contributed by atoms with Gasteiger partial charge in [-0.15, -0.1) is 0 Å². The molecule has 0 aliphatic carbocycles. The maximum atomic E-state index is 12.8. The highest BCUT2D eigenvalue weighted by Crippen LogP contribution is 2.25. The fraction of sp³-hybridized carbons (Fsp3) is 0.353. The maximum Gasteiger partial charge on any atom is 0.273 e. The number of benzene rings is 1. The van der Waals surface area contributed by atoms with E-state index < -0.39 is 14.9 Å². The minimum absolute atomic E-state index is 0.0343. The summed E-state index contributed by atoms with van der Waals surface area (Å²) < 4.78 is 27.0. The topological polar surface area (TPSA) is 96.7 Å². The summed E-state index contributed by atoms with van der Waals surface area (Å²) in [6, 6.07) is 9.77. The zero-order valence-corrected chi connectivity index (χ0v) is 15.2. The predicted molar refractivity (Wildman–Crippen MR) is 96.1 cm³/mol. The van der Waals surface area contributed by atoms with Crippen molar-refractivity contribution >= 4 is 15.7 Å². The van der Waals surface area contributed by atoms with Crippen LogP contribution >= 0.6 is 0 Å². The van der Waals surface area contributed by atoms with E-state index in [0.717, 1.165) is 11.8 Å². The lowest BCUT2D eigenvalue weighted by molar-refractivity contribution is -0.385. The van der Waals surface area contributed by atoms with Crippen molar-refractivity contribution in [3.05, 3.63) is 64.0 Å². The standard InChI is InChI=1S/C17H20N4O4S/c1-14-5-6-16(12-17(14)21(22)23)26(24,25)20-10-8-19(9-11-20)13-15-4-2-3-7-18-15/h2-7,12H,8-11,13H2,1H3. The van der Waals surface area contributed by atoms with Gasteiger partial charge in [0.15, 0.2) is 0 Å². The number of sulfonamides is 1. The van der Waals surface area contributed by atoms with Crippen molar-refractivity contribution in [3.63, 3.8) is 0 Å². The van der Waals surface area contributed by atoms with E-state index in [1.54, 1.807) is 13.1 Å². The number of pyridine rings is 1. The van der Waals surface area contributed by atoms with Crippen molar-refractivity contribution in [1.29, 1.82) is 0 Å². The summed E-state index contributed by atoms with van der Waals surface area (Å²) in [5, 5.41) is 11.1. The number of piperazine rings is 1. The molecule has 1 fully saturated rings. The van der Waals surface area contributed by atoms with Crippen LogP contribution in [-0.4, -0.2) is 53.7 Å². The van der Waals surface area contributed by atoms with Gasteiger partial charge in [0.25, 0.3) is 5.69 Å². The third-order valence-electron chi connectivity index (χ3n) is 4.46. The summed E-state index contributed by atoms with van der Waals surface area (Å²) in [5.41, 5.74) is 1.20. The summed E-state index contributed by atoms with van der Waals surface area (Å²) in [6.45, 7) is 4.12. The Morgan fingerprint density at radius 3 is 2.50 bits per heavy atom. The first-order valence-electron chi connectivity index (χ1n) is 8.25. The SMILES string of the molecule is Cc1ccc(S(=O)(=O)N2CCN(Cc3ccccn3)CC2)cc1[N+](=O)[O-]. The Kier molecular flexibility index (Phi) is 5.30. The van der Waals surface area contributed by atoms with Gasteiger partial charge >= 0.3 is 0 Å². The molecule has 1 aliphatic heterocycles. The van der Waals surface area contributed by atoms with Crippen LogP contribution in [0, 0.1) is 17.0 Å². The second kappa shape index (κ2) is 7.48. The molecule has 0 atom stereocenters. The number of rotatable bonds is 5. The number of hydrogen-bond acceptors (Lipinski definition) is 6. The fourth-order valence-electron chi connectivity index (χ4n) is 2.94. The van der Waals surface area contributed by atoms with Gasteiger partial charge in [-0.3, -0.25) is 20.0 Å². The monoisotopic (exact) mass is 376 g/mol. The summed E-state index contributed by atoms with van der Waals surface area (Å²) in [5.74, 6) is 0. The van der Waals surface area contributed by atoms with Gasteiger partial charge in [-0.25, -0.2) is 8.42 Å². The van der Waals surface area contributed by atoms with Crippen LogP contribution in [0.25, 0.3) is 0 Å². The zero-order chi connectivity index (χ0) is 18.7. The molecule has 0 spiro atoms. The molecule has 1 aromatic carbocycles. The van der Waals surface area contributed by atoms with Gasteiger partial charge in [-0.1, -0.05) is 12.1 Å². The van der Waals surface area contributed by atoms with Crippen LogP contribution in [0.3, 0.4) is 0 Å². The molecule has 26 heavy (non-hydrogen) atoms. The van der Waals surface area contributed by atoms with Crippen molar-refractivity contribution in [2.45, 2.75) is 18.4 Å². The predicted octanol–water partition coefficient (Wildman–Crippen LogP) is 1.80. The Balaban J connectivity index is 1.70. The van der Waals surface area contributed by atoms with Gasteiger partial charge in [0.1, 0.15) is 0 Å². The van der Waals surface area contributed by atoms with E-state index in [9.17, 15) is 18.5 Å². The number of aromatic nitrogens is 1. The molecule has 0 radical (unpaired) electrons. The number of nitro groups is 1. The fourth-order valence-corrected chi connectivity index (χ4v) is 4.39. The van der Waals surface area contributed by atoms with Crippen LogP contribution in [0.2, 0.25) is 0 Å². The van der Waals surface area contributed by atoms with Crippen molar-refractivity contribution in [3.8, 4) is 0 Å². The lowest BCUT2D eigenvalue weighted by Gasteiger charge is -2.33. The Morgan fingerprint density at radius 2 is 1.88 bits per heavy atom. The zero-order valence-electron chi connectivity index (χ0n) is 14.4. The molecule has 0 amide bonds. The summed E-state index contributed by atoms with van der Waals surface area (Å²) in [4.78, 5) is 16.9. The van der Waals surface area contributed by atoms with Crippen LogP contribution < -0.4 is 0 Å². The molecule has 8 nitrogen and oxygen atoms in total. The minimum atomic E-state index is -3.74. The van der Waals surface area contributed by atoms with Gasteiger partial charge in [0.05, 0.1) is 15.5 Å². The van der Waals surface area contributed by atoms with Crippen LogP contribution in [0.15, 0.2) is 47.5 Å². The molecule has 1 saturated heterocycles. The van der Waals surface area contributed by atoms with E-state index in [1.807, 2.05) is 18.2 Å². The molecule has 1 aromatic heterocycles. The molecule has 0 bridgehead atoms. The summed E-state index contributed by atoms with van der Waals surface area (Å²) in [6.07, 6.45) is 1.74. The Labute approximate surface area is 152 Å². The smallest absolute Gasteiger partial charge is 0.273 e. The first-order chi connectivity index (χ1) is 12.4. The van der Waals surface area contributed by atoms with Gasteiger partial charge < -0.3 is 0 Å². The second-order valence-corrected chi connectivity index (χ2v) is 8.14.